The van der Waals surface area contributed by atoms with E-state index in [1.54, 1.807) is 12.1 Å². The molecule has 3 aromatic rings. The van der Waals surface area contributed by atoms with Crippen molar-refractivity contribution >= 4 is 28.3 Å². The number of hydrogen-bond donors (Lipinski definition) is 2. The fourth-order valence-corrected chi connectivity index (χ4v) is 2.88. The van der Waals surface area contributed by atoms with Gasteiger partial charge in [0.15, 0.2) is 0 Å². The summed E-state index contributed by atoms with van der Waals surface area (Å²) in [4.78, 5) is 26.6. The van der Waals surface area contributed by atoms with Gasteiger partial charge in [-0.15, -0.1) is 0 Å². The van der Waals surface area contributed by atoms with E-state index >= 15 is 0 Å². The summed E-state index contributed by atoms with van der Waals surface area (Å²) in [5, 5.41) is 7.63. The molecule has 0 atom stereocenters. The highest BCUT2D eigenvalue weighted by atomic mass is 16.2. The summed E-state index contributed by atoms with van der Waals surface area (Å²) < 4.78 is 0. The molecule has 0 fully saturated rings. The molecule has 138 valence electrons. The number of benzene rings is 3. The van der Waals surface area contributed by atoms with Crippen LogP contribution in [0, 0.1) is 0 Å². The van der Waals surface area contributed by atoms with Gasteiger partial charge < -0.3 is 15.5 Å². The predicted molar refractivity (Wildman–Crippen MR) is 109 cm³/mol. The molecule has 0 aliphatic heterocycles. The first-order valence-corrected chi connectivity index (χ1v) is 8.88. The van der Waals surface area contributed by atoms with Gasteiger partial charge in [0.2, 0.25) is 0 Å². The third-order valence-corrected chi connectivity index (χ3v) is 4.38. The molecule has 0 aromatic heterocycles. The maximum Gasteiger partial charge on any atom is 0.251 e. The molecule has 0 aliphatic rings. The number of fused-ring (bicyclic) bond motifs is 1. The molecule has 2 N–H and O–H groups in total. The van der Waals surface area contributed by atoms with Crippen molar-refractivity contribution in [3.63, 3.8) is 0 Å². The molecule has 0 bridgehead atoms. The Morgan fingerprint density at radius 1 is 0.778 bits per heavy atom. The van der Waals surface area contributed by atoms with Crippen LogP contribution in [0.4, 0.5) is 5.69 Å². The Balaban J connectivity index is 1.52. The van der Waals surface area contributed by atoms with Gasteiger partial charge in [0.1, 0.15) is 0 Å². The fraction of sp³-hybridized carbons (Fsp3) is 0.182. The second-order valence-corrected chi connectivity index (χ2v) is 6.48. The van der Waals surface area contributed by atoms with E-state index in [-0.39, 0.29) is 11.8 Å². The highest BCUT2D eigenvalue weighted by Gasteiger charge is 2.09. The molecular weight excluding hydrogens is 338 g/mol. The average molecular weight is 361 g/mol. The van der Waals surface area contributed by atoms with E-state index in [1.165, 1.54) is 0 Å². The fourth-order valence-electron chi connectivity index (χ4n) is 2.88. The van der Waals surface area contributed by atoms with Gasteiger partial charge in [0, 0.05) is 44.0 Å². The van der Waals surface area contributed by atoms with Crippen molar-refractivity contribution in [2.75, 3.05) is 32.1 Å². The molecule has 3 rings (SSSR count). The first-order valence-electron chi connectivity index (χ1n) is 8.88. The molecule has 5 heteroatoms. The minimum absolute atomic E-state index is 0.142. The lowest BCUT2D eigenvalue weighted by atomic mass is 10.0. The number of hydrogen-bond acceptors (Lipinski definition) is 3. The molecule has 0 aliphatic carbocycles. The molecule has 0 saturated carbocycles. The van der Waals surface area contributed by atoms with Crippen molar-refractivity contribution < 1.29 is 9.59 Å². The van der Waals surface area contributed by atoms with E-state index in [0.717, 1.165) is 16.5 Å². The van der Waals surface area contributed by atoms with Crippen molar-refractivity contribution in [2.45, 2.75) is 0 Å². The van der Waals surface area contributed by atoms with Crippen LogP contribution in [0.5, 0.6) is 0 Å². The van der Waals surface area contributed by atoms with E-state index in [9.17, 15) is 9.59 Å². The number of carbonyl (C=O) groups is 2. The van der Waals surface area contributed by atoms with E-state index in [2.05, 4.69) is 10.6 Å². The number of nitrogens with zero attached hydrogens (tertiary/aromatic N) is 1. The maximum atomic E-state index is 12.4. The molecule has 3 aromatic carbocycles. The third kappa shape index (κ3) is 4.44. The molecule has 0 radical (unpaired) electrons. The van der Waals surface area contributed by atoms with Gasteiger partial charge in [-0.1, -0.05) is 36.4 Å². The quantitative estimate of drug-likeness (QED) is 0.664. The largest absolute Gasteiger partial charge is 0.378 e. The van der Waals surface area contributed by atoms with Gasteiger partial charge in [0.25, 0.3) is 11.8 Å². The predicted octanol–water partition coefficient (Wildman–Crippen LogP) is 3.07. The lowest BCUT2D eigenvalue weighted by Crippen LogP contribution is -2.34. The summed E-state index contributed by atoms with van der Waals surface area (Å²) in [5.74, 6) is -0.295. The van der Waals surface area contributed by atoms with Crippen LogP contribution >= 0.6 is 0 Å². The van der Waals surface area contributed by atoms with Crippen molar-refractivity contribution in [3.05, 3.63) is 77.9 Å². The Hall–Kier alpha value is -3.34. The van der Waals surface area contributed by atoms with E-state index in [1.807, 2.05) is 73.6 Å². The summed E-state index contributed by atoms with van der Waals surface area (Å²) in [6.45, 7) is 0.731. The molecule has 27 heavy (non-hydrogen) atoms. The Labute approximate surface area is 159 Å². The zero-order chi connectivity index (χ0) is 19.2. The Morgan fingerprint density at radius 2 is 1.41 bits per heavy atom. The summed E-state index contributed by atoms with van der Waals surface area (Å²) in [7, 11) is 3.90. The van der Waals surface area contributed by atoms with Crippen LogP contribution in [0.25, 0.3) is 10.8 Å². The van der Waals surface area contributed by atoms with Crippen LogP contribution in [0.1, 0.15) is 20.7 Å². The lowest BCUT2D eigenvalue weighted by Gasteiger charge is -2.13. The minimum atomic E-state index is -0.153. The Morgan fingerprint density at radius 3 is 2.11 bits per heavy atom. The molecule has 0 saturated heterocycles. The lowest BCUT2D eigenvalue weighted by molar-refractivity contribution is 0.0928. The number of amides is 2. The normalized spacial score (nSPS) is 10.4. The monoisotopic (exact) mass is 361 g/mol. The third-order valence-electron chi connectivity index (χ3n) is 4.38. The zero-order valence-corrected chi connectivity index (χ0v) is 15.5. The topological polar surface area (TPSA) is 61.4 Å². The van der Waals surface area contributed by atoms with E-state index in [0.29, 0.717) is 24.2 Å². The maximum absolute atomic E-state index is 12.4. The molecule has 0 spiro atoms. The average Bonchev–Trinajstić information content (AvgIpc) is 2.70. The smallest absolute Gasteiger partial charge is 0.251 e. The highest BCUT2D eigenvalue weighted by Crippen LogP contribution is 2.18. The van der Waals surface area contributed by atoms with Gasteiger partial charge in [-0.25, -0.2) is 0 Å². The number of nitrogens with one attached hydrogen (secondary N) is 2. The van der Waals surface area contributed by atoms with Gasteiger partial charge in [0.05, 0.1) is 0 Å². The summed E-state index contributed by atoms with van der Waals surface area (Å²) in [5.41, 5.74) is 2.27. The second kappa shape index (κ2) is 8.36. The molecule has 5 nitrogen and oxygen atoms in total. The Kier molecular flexibility index (Phi) is 5.71. The van der Waals surface area contributed by atoms with Crippen LogP contribution in [0.2, 0.25) is 0 Å². The molecular formula is C22H23N3O2. The molecule has 2 amide bonds. The van der Waals surface area contributed by atoms with Gasteiger partial charge in [-0.05, 0) is 41.1 Å². The molecule has 0 unspecified atom stereocenters. The van der Waals surface area contributed by atoms with Gasteiger partial charge in [-0.2, -0.15) is 0 Å². The summed E-state index contributed by atoms with van der Waals surface area (Å²) in [6, 6.07) is 20.8. The highest BCUT2D eigenvalue weighted by molar-refractivity contribution is 6.07. The van der Waals surface area contributed by atoms with Crippen LogP contribution in [0.3, 0.4) is 0 Å². The standard InChI is InChI=1S/C22H23N3O2/c1-25(2)18-12-10-17(11-13-18)21(26)23-14-15-24-22(27)20-9-5-7-16-6-3-4-8-19(16)20/h3-13H,14-15H2,1-2H3,(H,23,26)(H,24,27). The van der Waals surface area contributed by atoms with Crippen LogP contribution in [0.15, 0.2) is 66.7 Å². The minimum Gasteiger partial charge on any atom is -0.378 e. The first-order chi connectivity index (χ1) is 13.1. The second-order valence-electron chi connectivity index (χ2n) is 6.48. The van der Waals surface area contributed by atoms with Crippen molar-refractivity contribution in [1.29, 1.82) is 0 Å². The van der Waals surface area contributed by atoms with Crippen molar-refractivity contribution in [1.82, 2.24) is 10.6 Å². The van der Waals surface area contributed by atoms with E-state index < -0.39 is 0 Å². The van der Waals surface area contributed by atoms with Gasteiger partial charge in [-0.3, -0.25) is 9.59 Å². The van der Waals surface area contributed by atoms with Crippen LogP contribution < -0.4 is 15.5 Å². The zero-order valence-electron chi connectivity index (χ0n) is 15.5. The summed E-state index contributed by atoms with van der Waals surface area (Å²) in [6.07, 6.45) is 0. The first kappa shape index (κ1) is 18.5. The van der Waals surface area contributed by atoms with E-state index in [4.69, 9.17) is 0 Å². The van der Waals surface area contributed by atoms with Crippen molar-refractivity contribution in [3.8, 4) is 0 Å². The van der Waals surface area contributed by atoms with Crippen LogP contribution in [-0.4, -0.2) is 39.0 Å². The number of rotatable bonds is 6. The van der Waals surface area contributed by atoms with Crippen LogP contribution in [-0.2, 0) is 0 Å². The SMILES string of the molecule is CN(C)c1ccc(C(=O)NCCNC(=O)c2cccc3ccccc23)cc1. The number of anilines is 1. The number of carbonyl (C=O) groups excluding carboxylic acids is 2. The summed E-state index contributed by atoms with van der Waals surface area (Å²) >= 11 is 0. The van der Waals surface area contributed by atoms with Crippen molar-refractivity contribution in [2.24, 2.45) is 0 Å². The Bertz CT molecular complexity index is 944. The molecule has 0 heterocycles. The van der Waals surface area contributed by atoms with Gasteiger partial charge >= 0.3 is 0 Å².